The molecule has 0 radical (unpaired) electrons. The lowest BCUT2D eigenvalue weighted by molar-refractivity contribution is -0.383. The van der Waals surface area contributed by atoms with Gasteiger partial charge in [0.05, 0.1) is 10.6 Å². The molecule has 0 spiro atoms. The van der Waals surface area contributed by atoms with E-state index in [0.717, 1.165) is 58.0 Å². The Morgan fingerprint density at radius 1 is 0.660 bits per heavy atom. The minimum Gasteiger partial charge on any atom is -0.383 e. The third-order valence-corrected chi connectivity index (χ3v) is 7.86. The predicted molar refractivity (Wildman–Crippen MR) is 185 cm³/mol. The van der Waals surface area contributed by atoms with Crippen molar-refractivity contribution in [3.8, 4) is 0 Å². The number of anilines is 4. The third kappa shape index (κ3) is 9.58. The molecule has 0 bridgehead atoms. The normalized spacial score (nSPS) is 11.1. The molecule has 5 rings (SSSR count). The fourth-order valence-corrected chi connectivity index (χ4v) is 5.39. The maximum absolute atomic E-state index is 11.2. The zero-order chi connectivity index (χ0) is 32.7. The van der Waals surface area contributed by atoms with Crippen LogP contribution in [0.2, 0.25) is 0 Å². The Morgan fingerprint density at radius 3 is 1.77 bits per heavy atom. The van der Waals surface area contributed by atoms with Gasteiger partial charge < -0.3 is 21.3 Å². The van der Waals surface area contributed by atoms with Crippen molar-refractivity contribution < 1.29 is 9.55 Å². The molecule has 5 aromatic rings. The van der Waals surface area contributed by atoms with E-state index in [0.29, 0.717) is 42.1 Å². The molecule has 3 aromatic carbocycles. The monoisotopic (exact) mass is 638 g/mol. The van der Waals surface area contributed by atoms with Crippen molar-refractivity contribution in [2.24, 2.45) is 0 Å². The average Bonchev–Trinajstić information content (AvgIpc) is 3.59. The molecule has 13 heteroatoms. The number of nitrogens with one attached hydrogen (secondary N) is 4. The molecule has 0 saturated carbocycles. The fourth-order valence-electron chi connectivity index (χ4n) is 5.39. The summed E-state index contributed by atoms with van der Waals surface area (Å²) in [4.78, 5) is 24.6. The second-order valence-corrected chi connectivity index (χ2v) is 11.3. The van der Waals surface area contributed by atoms with E-state index in [1.165, 1.54) is 17.2 Å². The van der Waals surface area contributed by atoms with Crippen LogP contribution in [-0.4, -0.2) is 56.4 Å². The molecule has 0 aliphatic heterocycles. The molecule has 2 heterocycles. The van der Waals surface area contributed by atoms with Crippen LogP contribution in [0.5, 0.6) is 0 Å². The first-order valence-electron chi connectivity index (χ1n) is 16.3. The molecule has 13 nitrogen and oxygen atoms in total. The molecule has 4 N–H and O–H groups in total. The van der Waals surface area contributed by atoms with Gasteiger partial charge in [-0.2, -0.15) is 15.0 Å². The first-order chi connectivity index (χ1) is 23.1. The van der Waals surface area contributed by atoms with Crippen LogP contribution in [0.15, 0.2) is 77.4 Å². The van der Waals surface area contributed by atoms with E-state index < -0.39 is 4.92 Å². The molecule has 246 valence electrons. The largest absolute Gasteiger partial charge is 0.383 e. The van der Waals surface area contributed by atoms with Crippen molar-refractivity contribution in [1.82, 2.24) is 25.3 Å². The number of rotatable bonds is 20. The summed E-state index contributed by atoms with van der Waals surface area (Å²) in [6, 6.07) is 24.2. The van der Waals surface area contributed by atoms with Gasteiger partial charge in [-0.05, 0) is 53.2 Å². The molecule has 0 saturated heterocycles. The number of fused-ring (bicyclic) bond motifs is 1. The lowest BCUT2D eigenvalue weighted by Crippen LogP contribution is -2.15. The van der Waals surface area contributed by atoms with Gasteiger partial charge in [-0.25, -0.2) is 4.63 Å². The SMILES string of the molecule is CCCCNc1nc(NCCCCCCNc2ccc([N+](=O)[O-])c3nonc23)nc(NCCC(c2ccccc2)c2ccccc2)n1. The number of benzene rings is 3. The number of nitro benzene ring substituents is 1. The van der Waals surface area contributed by atoms with Crippen molar-refractivity contribution in [2.75, 3.05) is 47.4 Å². The number of unbranched alkanes of at least 4 members (excludes halogenated alkanes) is 4. The van der Waals surface area contributed by atoms with E-state index in [4.69, 9.17) is 4.63 Å². The van der Waals surface area contributed by atoms with Crippen LogP contribution in [0.4, 0.5) is 29.2 Å². The highest BCUT2D eigenvalue weighted by molar-refractivity contribution is 5.93. The highest BCUT2D eigenvalue weighted by Crippen LogP contribution is 2.29. The van der Waals surface area contributed by atoms with Crippen molar-refractivity contribution in [1.29, 1.82) is 0 Å². The Morgan fingerprint density at radius 2 is 1.19 bits per heavy atom. The quantitative estimate of drug-likeness (QED) is 0.0383. The molecule has 0 unspecified atom stereocenters. The van der Waals surface area contributed by atoms with Gasteiger partial charge in [0.25, 0.3) is 0 Å². The number of hydrogen-bond donors (Lipinski definition) is 4. The van der Waals surface area contributed by atoms with Crippen LogP contribution < -0.4 is 21.3 Å². The van der Waals surface area contributed by atoms with Crippen molar-refractivity contribution in [3.63, 3.8) is 0 Å². The molecular weight excluding hydrogens is 596 g/mol. The Labute approximate surface area is 274 Å². The summed E-state index contributed by atoms with van der Waals surface area (Å²) < 4.78 is 4.73. The zero-order valence-electron chi connectivity index (χ0n) is 26.7. The van der Waals surface area contributed by atoms with Gasteiger partial charge in [0.1, 0.15) is 0 Å². The van der Waals surface area contributed by atoms with Gasteiger partial charge in [-0.1, -0.05) is 86.8 Å². The molecule has 0 amide bonds. The van der Waals surface area contributed by atoms with E-state index in [-0.39, 0.29) is 17.1 Å². The third-order valence-electron chi connectivity index (χ3n) is 7.86. The lowest BCUT2D eigenvalue weighted by atomic mass is 9.88. The van der Waals surface area contributed by atoms with E-state index in [1.807, 2.05) is 12.1 Å². The predicted octanol–water partition coefficient (Wildman–Crippen LogP) is 7.25. The summed E-state index contributed by atoms with van der Waals surface area (Å²) in [5.41, 5.74) is 3.63. The topological polar surface area (TPSA) is 169 Å². The summed E-state index contributed by atoms with van der Waals surface area (Å²) in [5.74, 6) is 1.93. The molecule has 2 aromatic heterocycles. The van der Waals surface area contributed by atoms with Crippen molar-refractivity contribution in [2.45, 2.75) is 57.8 Å². The van der Waals surface area contributed by atoms with E-state index in [1.54, 1.807) is 6.07 Å². The number of hydrogen-bond acceptors (Lipinski definition) is 12. The summed E-state index contributed by atoms with van der Waals surface area (Å²) >= 11 is 0. The lowest BCUT2D eigenvalue weighted by Gasteiger charge is -2.19. The van der Waals surface area contributed by atoms with E-state index >= 15 is 0 Å². The van der Waals surface area contributed by atoms with Crippen molar-refractivity contribution >= 4 is 40.3 Å². The highest BCUT2D eigenvalue weighted by atomic mass is 16.6. The fraction of sp³-hybridized carbons (Fsp3) is 0.382. The van der Waals surface area contributed by atoms with Crippen LogP contribution in [-0.2, 0) is 0 Å². The van der Waals surface area contributed by atoms with E-state index in [2.05, 4.69) is 102 Å². The Hall–Kier alpha value is -5.33. The zero-order valence-corrected chi connectivity index (χ0v) is 26.7. The summed E-state index contributed by atoms with van der Waals surface area (Å²) in [5, 5.41) is 32.1. The molecule has 0 fully saturated rings. The summed E-state index contributed by atoms with van der Waals surface area (Å²) in [7, 11) is 0. The van der Waals surface area contributed by atoms with Crippen LogP contribution in [0, 0.1) is 10.1 Å². The number of non-ortho nitro benzene ring substituents is 1. The van der Waals surface area contributed by atoms with Gasteiger partial charge in [0.2, 0.25) is 23.4 Å². The molecule has 0 aliphatic rings. The molecule has 0 aliphatic carbocycles. The number of nitrogens with zero attached hydrogens (tertiary/aromatic N) is 6. The van der Waals surface area contributed by atoms with Gasteiger partial charge in [-0.3, -0.25) is 10.1 Å². The van der Waals surface area contributed by atoms with Gasteiger partial charge in [0, 0.05) is 38.2 Å². The van der Waals surface area contributed by atoms with Crippen LogP contribution in [0.1, 0.15) is 68.9 Å². The van der Waals surface area contributed by atoms with Gasteiger partial charge in [0.15, 0.2) is 5.52 Å². The van der Waals surface area contributed by atoms with Crippen LogP contribution >= 0.6 is 0 Å². The second-order valence-electron chi connectivity index (χ2n) is 11.3. The van der Waals surface area contributed by atoms with Crippen LogP contribution in [0.3, 0.4) is 0 Å². The highest BCUT2D eigenvalue weighted by Gasteiger charge is 2.19. The molecule has 47 heavy (non-hydrogen) atoms. The summed E-state index contributed by atoms with van der Waals surface area (Å²) in [6.45, 7) is 5.11. The molecule has 0 atom stereocenters. The van der Waals surface area contributed by atoms with Gasteiger partial charge in [-0.15, -0.1) is 0 Å². The first kappa shape index (κ1) is 33.0. The Kier molecular flexibility index (Phi) is 12.2. The first-order valence-corrected chi connectivity index (χ1v) is 16.3. The minimum atomic E-state index is -0.489. The minimum absolute atomic E-state index is 0.121. The Balaban J connectivity index is 1.09. The van der Waals surface area contributed by atoms with E-state index in [9.17, 15) is 10.1 Å². The smallest absolute Gasteiger partial charge is 0.300 e. The number of aromatic nitrogens is 5. The standard InChI is InChI=1S/C34H42N10O3/c1-2-3-21-36-32-39-33(37-23-13-5-4-12-22-35-28-18-19-29(44(45)46)31-30(28)42-47-43-31)41-34(40-32)38-24-20-27(25-14-8-6-9-15-25)26-16-10-7-11-17-26/h6-11,14-19,27,35H,2-5,12-13,20-24H2,1H3,(H3,36,37,38,39,40,41). The average molecular weight is 639 g/mol. The molecular formula is C34H42N10O3. The van der Waals surface area contributed by atoms with Crippen LogP contribution in [0.25, 0.3) is 11.0 Å². The second kappa shape index (κ2) is 17.4. The maximum Gasteiger partial charge on any atom is 0.300 e. The van der Waals surface area contributed by atoms with Crippen molar-refractivity contribution in [3.05, 3.63) is 94.0 Å². The Bertz CT molecular complexity index is 1640. The summed E-state index contributed by atoms with van der Waals surface area (Å²) in [6.07, 6.45) is 6.93. The van der Waals surface area contributed by atoms with Gasteiger partial charge >= 0.3 is 5.69 Å². The number of nitro groups is 1. The maximum atomic E-state index is 11.2.